The van der Waals surface area contributed by atoms with Gasteiger partial charge in [0.1, 0.15) is 0 Å². The third kappa shape index (κ3) is 3.12. The van der Waals surface area contributed by atoms with Gasteiger partial charge in [0.05, 0.1) is 7.11 Å². The van der Waals surface area contributed by atoms with Gasteiger partial charge in [-0.15, -0.1) is 0 Å². The van der Waals surface area contributed by atoms with Crippen LogP contribution in [0.2, 0.25) is 0 Å². The Bertz CT molecular complexity index is 325. The van der Waals surface area contributed by atoms with Gasteiger partial charge in [0.25, 0.3) is 0 Å². The van der Waals surface area contributed by atoms with Gasteiger partial charge < -0.3 is 9.84 Å². The first-order chi connectivity index (χ1) is 6.63. The zero-order valence-corrected chi connectivity index (χ0v) is 9.32. The standard InChI is InChI=1S/C10H11BrO3/c1-14-10(13)9(12)6-7-3-2-4-8(11)5-7/h2-5,9,12H,6H2,1H3. The largest absolute Gasteiger partial charge is 0.467 e. The quantitative estimate of drug-likeness (QED) is 0.837. The van der Waals surface area contributed by atoms with E-state index in [0.717, 1.165) is 10.0 Å². The molecule has 76 valence electrons. The Balaban J connectivity index is 2.64. The van der Waals surface area contributed by atoms with Gasteiger partial charge in [-0.1, -0.05) is 28.1 Å². The van der Waals surface area contributed by atoms with Gasteiger partial charge in [0.2, 0.25) is 0 Å². The smallest absolute Gasteiger partial charge is 0.335 e. The Morgan fingerprint density at radius 1 is 1.64 bits per heavy atom. The Kier molecular flexibility index (Phi) is 4.10. The number of carbonyl (C=O) groups excluding carboxylic acids is 1. The van der Waals surface area contributed by atoms with Gasteiger partial charge in [-0.25, -0.2) is 4.79 Å². The lowest BCUT2D eigenvalue weighted by Gasteiger charge is -2.07. The summed E-state index contributed by atoms with van der Waals surface area (Å²) in [6, 6.07) is 7.43. The fraction of sp³-hybridized carbons (Fsp3) is 0.300. The van der Waals surface area contributed by atoms with Crippen LogP contribution in [0.4, 0.5) is 0 Å². The van der Waals surface area contributed by atoms with E-state index in [1.165, 1.54) is 7.11 Å². The number of carbonyl (C=O) groups is 1. The fourth-order valence-corrected chi connectivity index (χ4v) is 1.55. The number of halogens is 1. The highest BCUT2D eigenvalue weighted by atomic mass is 79.9. The average molecular weight is 259 g/mol. The SMILES string of the molecule is COC(=O)C(O)Cc1cccc(Br)c1. The summed E-state index contributed by atoms with van der Waals surface area (Å²) in [4.78, 5) is 10.9. The Morgan fingerprint density at radius 2 is 2.36 bits per heavy atom. The van der Waals surface area contributed by atoms with Crippen LogP contribution in [0.1, 0.15) is 5.56 Å². The van der Waals surface area contributed by atoms with E-state index in [-0.39, 0.29) is 6.42 Å². The van der Waals surface area contributed by atoms with Crippen LogP contribution in [-0.4, -0.2) is 24.3 Å². The second-order valence-electron chi connectivity index (χ2n) is 2.87. The number of aliphatic hydroxyl groups is 1. The topological polar surface area (TPSA) is 46.5 Å². The zero-order chi connectivity index (χ0) is 10.6. The number of aliphatic hydroxyl groups excluding tert-OH is 1. The summed E-state index contributed by atoms with van der Waals surface area (Å²) >= 11 is 3.31. The van der Waals surface area contributed by atoms with Crippen molar-refractivity contribution in [1.29, 1.82) is 0 Å². The molecule has 14 heavy (non-hydrogen) atoms. The monoisotopic (exact) mass is 258 g/mol. The molecule has 1 N–H and O–H groups in total. The van der Waals surface area contributed by atoms with Crippen molar-refractivity contribution in [2.24, 2.45) is 0 Å². The summed E-state index contributed by atoms with van der Waals surface area (Å²) in [7, 11) is 1.26. The van der Waals surface area contributed by atoms with Gasteiger partial charge >= 0.3 is 5.97 Å². The van der Waals surface area contributed by atoms with Crippen LogP contribution in [0, 0.1) is 0 Å². The third-order valence-corrected chi connectivity index (χ3v) is 2.28. The summed E-state index contributed by atoms with van der Waals surface area (Å²) < 4.78 is 5.34. The zero-order valence-electron chi connectivity index (χ0n) is 7.74. The minimum Gasteiger partial charge on any atom is -0.467 e. The van der Waals surface area contributed by atoms with Crippen molar-refractivity contribution in [2.45, 2.75) is 12.5 Å². The van der Waals surface area contributed by atoms with E-state index in [9.17, 15) is 9.90 Å². The van der Waals surface area contributed by atoms with Crippen molar-refractivity contribution in [3.63, 3.8) is 0 Å². The molecule has 0 fully saturated rings. The molecule has 0 aliphatic heterocycles. The summed E-state index contributed by atoms with van der Waals surface area (Å²) in [6.07, 6.45) is -0.819. The minimum atomic E-state index is -1.09. The highest BCUT2D eigenvalue weighted by molar-refractivity contribution is 9.10. The predicted octanol–water partition coefficient (Wildman–Crippen LogP) is 1.53. The molecule has 1 aromatic carbocycles. The second-order valence-corrected chi connectivity index (χ2v) is 3.79. The molecular weight excluding hydrogens is 248 g/mol. The molecule has 0 aliphatic carbocycles. The van der Waals surface area contributed by atoms with Gasteiger partial charge in [0, 0.05) is 10.9 Å². The summed E-state index contributed by atoms with van der Waals surface area (Å²) in [5, 5.41) is 9.37. The number of rotatable bonds is 3. The van der Waals surface area contributed by atoms with E-state index in [1.54, 1.807) is 0 Å². The van der Waals surface area contributed by atoms with Crippen LogP contribution in [-0.2, 0) is 16.0 Å². The maximum absolute atomic E-state index is 10.9. The molecule has 1 unspecified atom stereocenters. The van der Waals surface area contributed by atoms with Crippen LogP contribution >= 0.6 is 15.9 Å². The van der Waals surface area contributed by atoms with Crippen molar-refractivity contribution in [1.82, 2.24) is 0 Å². The van der Waals surface area contributed by atoms with Crippen molar-refractivity contribution in [3.05, 3.63) is 34.3 Å². The van der Waals surface area contributed by atoms with Crippen molar-refractivity contribution >= 4 is 21.9 Å². The molecule has 1 aromatic rings. The molecule has 0 spiro atoms. The number of hydrogen-bond donors (Lipinski definition) is 1. The normalized spacial score (nSPS) is 12.2. The van der Waals surface area contributed by atoms with Crippen LogP contribution in [0.5, 0.6) is 0 Å². The first kappa shape index (κ1) is 11.2. The molecule has 0 aromatic heterocycles. The van der Waals surface area contributed by atoms with E-state index in [1.807, 2.05) is 24.3 Å². The van der Waals surface area contributed by atoms with E-state index in [2.05, 4.69) is 20.7 Å². The van der Waals surface area contributed by atoms with E-state index >= 15 is 0 Å². The molecule has 0 heterocycles. The van der Waals surface area contributed by atoms with Gasteiger partial charge in [0.15, 0.2) is 6.10 Å². The first-order valence-corrected chi connectivity index (χ1v) is 4.93. The van der Waals surface area contributed by atoms with Crippen molar-refractivity contribution < 1.29 is 14.6 Å². The second kappa shape index (κ2) is 5.12. The molecule has 0 saturated carbocycles. The lowest BCUT2D eigenvalue weighted by atomic mass is 10.1. The average Bonchev–Trinajstić information content (AvgIpc) is 2.16. The Labute approximate surface area is 90.8 Å². The highest BCUT2D eigenvalue weighted by Gasteiger charge is 2.15. The number of ether oxygens (including phenoxy) is 1. The molecule has 3 nitrogen and oxygen atoms in total. The molecule has 1 rings (SSSR count). The summed E-state index contributed by atoms with van der Waals surface area (Å²) in [5.41, 5.74) is 0.886. The van der Waals surface area contributed by atoms with Crippen molar-refractivity contribution in [2.75, 3.05) is 7.11 Å². The third-order valence-electron chi connectivity index (χ3n) is 1.79. The lowest BCUT2D eigenvalue weighted by Crippen LogP contribution is -2.24. The van der Waals surface area contributed by atoms with Crippen LogP contribution in [0.15, 0.2) is 28.7 Å². The van der Waals surface area contributed by atoms with E-state index in [4.69, 9.17) is 0 Å². The molecule has 4 heteroatoms. The van der Waals surface area contributed by atoms with Crippen LogP contribution in [0.25, 0.3) is 0 Å². The maximum Gasteiger partial charge on any atom is 0.335 e. The first-order valence-electron chi connectivity index (χ1n) is 4.14. The Morgan fingerprint density at radius 3 is 2.93 bits per heavy atom. The van der Waals surface area contributed by atoms with Crippen molar-refractivity contribution in [3.8, 4) is 0 Å². The highest BCUT2D eigenvalue weighted by Crippen LogP contribution is 2.13. The van der Waals surface area contributed by atoms with Crippen LogP contribution in [0.3, 0.4) is 0 Å². The molecule has 0 radical (unpaired) electrons. The number of benzene rings is 1. The molecule has 0 aliphatic rings. The van der Waals surface area contributed by atoms with Crippen LogP contribution < -0.4 is 0 Å². The van der Waals surface area contributed by atoms with Gasteiger partial charge in [-0.05, 0) is 17.7 Å². The molecule has 0 bridgehead atoms. The minimum absolute atomic E-state index is 0.270. The number of hydrogen-bond acceptors (Lipinski definition) is 3. The molecular formula is C10H11BrO3. The lowest BCUT2D eigenvalue weighted by molar-refractivity contribution is -0.150. The molecule has 0 saturated heterocycles. The number of esters is 1. The van der Waals surface area contributed by atoms with Gasteiger partial charge in [-0.3, -0.25) is 0 Å². The maximum atomic E-state index is 10.9. The fourth-order valence-electron chi connectivity index (χ4n) is 1.11. The van der Waals surface area contributed by atoms with Gasteiger partial charge in [-0.2, -0.15) is 0 Å². The summed E-state index contributed by atoms with van der Waals surface area (Å²) in [5.74, 6) is -0.607. The number of methoxy groups -OCH3 is 1. The predicted molar refractivity (Wildman–Crippen MR) is 55.9 cm³/mol. The molecule has 1 atom stereocenters. The molecule has 0 amide bonds. The van der Waals surface area contributed by atoms with E-state index < -0.39 is 12.1 Å². The summed E-state index contributed by atoms with van der Waals surface area (Å²) in [6.45, 7) is 0. The van der Waals surface area contributed by atoms with E-state index in [0.29, 0.717) is 0 Å². The Hall–Kier alpha value is -0.870.